The second kappa shape index (κ2) is 9.85. The van der Waals surface area contributed by atoms with E-state index in [1.165, 1.54) is 0 Å². The van der Waals surface area contributed by atoms with Crippen molar-refractivity contribution in [2.45, 2.75) is 0 Å². The van der Waals surface area contributed by atoms with Crippen molar-refractivity contribution in [2.24, 2.45) is 0 Å². The van der Waals surface area contributed by atoms with Gasteiger partial charge in [0.2, 0.25) is 5.91 Å². The maximum atomic E-state index is 13.0. The molecule has 2 aliphatic rings. The first kappa shape index (κ1) is 24.0. The SMILES string of the molecule is O=C(CN1CCN(c2ccc3c4c(cccc24)C(=O)N(CCO)C3=O)CC1)Nc1cccc2cccnc12. The largest absolute Gasteiger partial charge is 0.395 e. The van der Waals surface area contributed by atoms with Gasteiger partial charge < -0.3 is 15.3 Å². The van der Waals surface area contributed by atoms with E-state index in [0.717, 1.165) is 26.9 Å². The number of fused-ring (bicyclic) bond motifs is 1. The van der Waals surface area contributed by atoms with Crippen LogP contribution in [0.4, 0.5) is 11.4 Å². The van der Waals surface area contributed by atoms with Gasteiger partial charge in [0.25, 0.3) is 11.8 Å². The van der Waals surface area contributed by atoms with Crippen LogP contribution in [0.2, 0.25) is 0 Å². The lowest BCUT2D eigenvalue weighted by molar-refractivity contribution is -0.117. The molecule has 0 aliphatic carbocycles. The van der Waals surface area contributed by atoms with Crippen LogP contribution in [0.3, 0.4) is 0 Å². The maximum absolute atomic E-state index is 13.0. The highest BCUT2D eigenvalue weighted by Crippen LogP contribution is 2.36. The molecule has 2 aliphatic heterocycles. The van der Waals surface area contributed by atoms with Crippen LogP contribution in [0.5, 0.6) is 0 Å². The third-order valence-corrected chi connectivity index (χ3v) is 7.28. The molecule has 3 aromatic carbocycles. The Hall–Kier alpha value is -4.34. The molecule has 0 spiro atoms. The van der Waals surface area contributed by atoms with Gasteiger partial charge in [-0.1, -0.05) is 30.3 Å². The number of nitrogens with one attached hydrogen (secondary N) is 1. The second-order valence-corrected chi connectivity index (χ2v) is 9.54. The van der Waals surface area contributed by atoms with E-state index in [9.17, 15) is 19.5 Å². The van der Waals surface area contributed by atoms with E-state index in [1.807, 2.05) is 48.5 Å². The minimum Gasteiger partial charge on any atom is -0.395 e. The van der Waals surface area contributed by atoms with Gasteiger partial charge in [-0.25, -0.2) is 0 Å². The number of amides is 3. The van der Waals surface area contributed by atoms with Crippen molar-refractivity contribution in [3.05, 3.63) is 78.0 Å². The van der Waals surface area contributed by atoms with E-state index >= 15 is 0 Å². The zero-order valence-electron chi connectivity index (χ0n) is 20.8. The summed E-state index contributed by atoms with van der Waals surface area (Å²) in [6.07, 6.45) is 1.72. The number of hydrogen-bond acceptors (Lipinski definition) is 7. The van der Waals surface area contributed by atoms with Gasteiger partial charge in [-0.3, -0.25) is 29.2 Å². The number of aliphatic hydroxyl groups excluding tert-OH is 1. The quantitative estimate of drug-likeness (QED) is 0.385. The molecule has 1 saturated heterocycles. The van der Waals surface area contributed by atoms with Crippen LogP contribution < -0.4 is 10.2 Å². The number of carbonyl (C=O) groups excluding carboxylic acids is 3. The number of hydrogen-bond donors (Lipinski definition) is 2. The number of benzene rings is 3. The number of aliphatic hydroxyl groups is 1. The molecule has 192 valence electrons. The molecule has 0 unspecified atom stereocenters. The van der Waals surface area contributed by atoms with E-state index < -0.39 is 0 Å². The molecule has 4 aromatic rings. The van der Waals surface area contributed by atoms with Gasteiger partial charge >= 0.3 is 0 Å². The lowest BCUT2D eigenvalue weighted by atomic mass is 9.92. The van der Waals surface area contributed by atoms with Gasteiger partial charge in [-0.2, -0.15) is 0 Å². The predicted molar refractivity (Wildman–Crippen MR) is 145 cm³/mol. The summed E-state index contributed by atoms with van der Waals surface area (Å²) < 4.78 is 0. The summed E-state index contributed by atoms with van der Waals surface area (Å²) in [5.41, 5.74) is 3.40. The van der Waals surface area contributed by atoms with E-state index in [-0.39, 0.29) is 37.4 Å². The molecule has 0 saturated carbocycles. The minimum atomic E-state index is -0.378. The van der Waals surface area contributed by atoms with E-state index in [4.69, 9.17) is 0 Å². The smallest absolute Gasteiger partial charge is 0.261 e. The molecule has 0 atom stereocenters. The molecule has 0 radical (unpaired) electrons. The first-order valence-corrected chi connectivity index (χ1v) is 12.7. The zero-order chi connectivity index (χ0) is 26.2. The summed E-state index contributed by atoms with van der Waals surface area (Å²) >= 11 is 0. The molecular weight excluding hydrogens is 482 g/mol. The summed E-state index contributed by atoms with van der Waals surface area (Å²) in [6.45, 7) is 2.80. The van der Waals surface area contributed by atoms with Crippen molar-refractivity contribution in [1.29, 1.82) is 0 Å². The molecule has 1 fully saturated rings. The lowest BCUT2D eigenvalue weighted by Crippen LogP contribution is -2.48. The number of rotatable bonds is 6. The highest BCUT2D eigenvalue weighted by atomic mass is 16.3. The zero-order valence-corrected chi connectivity index (χ0v) is 20.8. The fourth-order valence-electron chi connectivity index (χ4n) is 5.45. The first-order chi connectivity index (χ1) is 18.5. The van der Waals surface area contributed by atoms with Crippen LogP contribution in [0.1, 0.15) is 20.7 Å². The van der Waals surface area contributed by atoms with Gasteiger partial charge in [0, 0.05) is 65.3 Å². The summed E-state index contributed by atoms with van der Waals surface area (Å²) in [6, 6.07) is 18.8. The molecule has 6 rings (SSSR count). The Morgan fingerprint density at radius 1 is 0.895 bits per heavy atom. The second-order valence-electron chi connectivity index (χ2n) is 9.54. The normalized spacial score (nSPS) is 15.9. The molecule has 0 bridgehead atoms. The number of anilines is 2. The van der Waals surface area contributed by atoms with Gasteiger partial charge in [0.05, 0.1) is 30.9 Å². The highest BCUT2D eigenvalue weighted by molar-refractivity contribution is 6.26. The Morgan fingerprint density at radius 3 is 2.42 bits per heavy atom. The summed E-state index contributed by atoms with van der Waals surface area (Å²) in [5, 5.41) is 14.8. The van der Waals surface area contributed by atoms with Crippen molar-refractivity contribution in [2.75, 3.05) is 56.1 Å². The van der Waals surface area contributed by atoms with Crippen LogP contribution >= 0.6 is 0 Å². The van der Waals surface area contributed by atoms with Crippen LogP contribution in [0, 0.1) is 0 Å². The summed E-state index contributed by atoms with van der Waals surface area (Å²) in [4.78, 5) is 48.6. The molecule has 2 N–H and O–H groups in total. The van der Waals surface area contributed by atoms with Crippen LogP contribution in [-0.2, 0) is 4.79 Å². The Labute approximate surface area is 219 Å². The molecular formula is C29H27N5O4. The Morgan fingerprint density at radius 2 is 1.63 bits per heavy atom. The average molecular weight is 510 g/mol. The molecule has 9 nitrogen and oxygen atoms in total. The van der Waals surface area contributed by atoms with Gasteiger partial charge in [-0.05, 0) is 30.3 Å². The van der Waals surface area contributed by atoms with Crippen molar-refractivity contribution < 1.29 is 19.5 Å². The van der Waals surface area contributed by atoms with Crippen molar-refractivity contribution in [3.63, 3.8) is 0 Å². The molecule has 3 amide bonds. The maximum Gasteiger partial charge on any atom is 0.261 e. The topological polar surface area (TPSA) is 106 Å². The molecule has 38 heavy (non-hydrogen) atoms. The van der Waals surface area contributed by atoms with E-state index in [1.54, 1.807) is 18.3 Å². The van der Waals surface area contributed by atoms with E-state index in [2.05, 4.69) is 20.1 Å². The van der Waals surface area contributed by atoms with Crippen LogP contribution in [0.25, 0.3) is 21.7 Å². The number of nitrogens with zero attached hydrogens (tertiary/aromatic N) is 4. The highest BCUT2D eigenvalue weighted by Gasteiger charge is 2.33. The van der Waals surface area contributed by atoms with Crippen LogP contribution in [0.15, 0.2) is 66.9 Å². The lowest BCUT2D eigenvalue weighted by Gasteiger charge is -2.37. The van der Waals surface area contributed by atoms with Gasteiger partial charge in [-0.15, -0.1) is 0 Å². The van der Waals surface area contributed by atoms with E-state index in [0.29, 0.717) is 48.4 Å². The number of aromatic nitrogens is 1. The number of imide groups is 1. The van der Waals surface area contributed by atoms with Crippen molar-refractivity contribution >= 4 is 50.8 Å². The minimum absolute atomic E-state index is 0.0260. The third kappa shape index (κ3) is 4.15. The summed E-state index contributed by atoms with van der Waals surface area (Å²) in [7, 11) is 0. The standard InChI is InChI=1S/C29H27N5O4/c35-17-16-34-28(37)21-7-2-6-20-24(10-9-22(26(20)21)29(34)38)33-14-12-32(13-15-33)18-25(36)31-23-8-1-4-19-5-3-11-30-27(19)23/h1-11,35H,12-18H2,(H,31,36). The number of para-hydroxylation sites is 1. The predicted octanol–water partition coefficient (Wildman–Crippen LogP) is 2.74. The fraction of sp³-hybridized carbons (Fsp3) is 0.241. The molecule has 1 aromatic heterocycles. The average Bonchev–Trinajstić information content (AvgIpc) is 2.94. The van der Waals surface area contributed by atoms with Crippen molar-refractivity contribution in [1.82, 2.24) is 14.8 Å². The fourth-order valence-corrected chi connectivity index (χ4v) is 5.45. The van der Waals surface area contributed by atoms with Gasteiger partial charge in [0.15, 0.2) is 0 Å². The first-order valence-electron chi connectivity index (χ1n) is 12.7. The Bertz CT molecular complexity index is 1550. The Balaban J connectivity index is 1.16. The van der Waals surface area contributed by atoms with Crippen LogP contribution in [-0.4, -0.2) is 83.5 Å². The molecule has 9 heteroatoms. The number of carbonyl (C=O) groups is 3. The number of β-amino-alcohol motifs (C(OH)–C–C–N with tert-alkyl or cyclic N) is 1. The van der Waals surface area contributed by atoms with Crippen molar-refractivity contribution in [3.8, 4) is 0 Å². The number of pyridine rings is 1. The summed E-state index contributed by atoms with van der Waals surface area (Å²) in [5.74, 6) is -0.837. The monoisotopic (exact) mass is 509 g/mol. The third-order valence-electron chi connectivity index (χ3n) is 7.28. The van der Waals surface area contributed by atoms with Gasteiger partial charge in [0.1, 0.15) is 0 Å². The Kier molecular flexibility index (Phi) is 6.22. The molecule has 3 heterocycles. The number of piperazine rings is 1.